The summed E-state index contributed by atoms with van der Waals surface area (Å²) >= 11 is 1.53. The zero-order chi connectivity index (χ0) is 17.6. The second kappa shape index (κ2) is 7.76. The minimum Gasteiger partial charge on any atom is -0.496 e. The highest BCUT2D eigenvalue weighted by atomic mass is 32.1. The van der Waals surface area contributed by atoms with Gasteiger partial charge in [-0.1, -0.05) is 24.3 Å². The molecule has 6 nitrogen and oxygen atoms in total. The maximum Gasteiger partial charge on any atom is 0.267 e. The zero-order valence-electron chi connectivity index (χ0n) is 13.6. The number of methoxy groups -OCH3 is 1. The molecule has 2 heterocycles. The van der Waals surface area contributed by atoms with Gasteiger partial charge in [0, 0.05) is 18.2 Å². The van der Waals surface area contributed by atoms with Crippen molar-refractivity contribution in [1.29, 1.82) is 0 Å². The summed E-state index contributed by atoms with van der Waals surface area (Å²) in [7, 11) is 1.58. The molecule has 3 rings (SSSR count). The smallest absolute Gasteiger partial charge is 0.267 e. The molecule has 0 saturated carbocycles. The lowest BCUT2D eigenvalue weighted by Crippen LogP contribution is -2.33. The largest absolute Gasteiger partial charge is 0.496 e. The number of hydrogen-bond donors (Lipinski definition) is 1. The van der Waals surface area contributed by atoms with Crippen molar-refractivity contribution in [2.75, 3.05) is 7.11 Å². The third kappa shape index (κ3) is 4.13. The number of para-hydroxylation sites is 1. The molecule has 1 aromatic carbocycles. The molecule has 0 fully saturated rings. The molecule has 0 aliphatic heterocycles. The Morgan fingerprint density at radius 3 is 2.80 bits per heavy atom. The van der Waals surface area contributed by atoms with Crippen molar-refractivity contribution >= 4 is 17.2 Å². The van der Waals surface area contributed by atoms with Crippen LogP contribution < -0.4 is 15.6 Å². The third-order valence-electron chi connectivity index (χ3n) is 3.60. The number of rotatable bonds is 6. The lowest BCUT2D eigenvalue weighted by atomic mass is 10.2. The number of carbonyl (C=O) groups excluding carboxylic acids is 1. The van der Waals surface area contributed by atoms with Gasteiger partial charge in [-0.3, -0.25) is 9.59 Å². The highest BCUT2D eigenvalue weighted by Crippen LogP contribution is 2.21. The number of thiophene rings is 1. The molecule has 0 atom stereocenters. The molecule has 2 aromatic heterocycles. The second-order valence-corrected chi connectivity index (χ2v) is 6.23. The molecule has 25 heavy (non-hydrogen) atoms. The van der Waals surface area contributed by atoms with Gasteiger partial charge in [-0.25, -0.2) is 4.68 Å². The van der Waals surface area contributed by atoms with E-state index in [4.69, 9.17) is 4.74 Å². The number of benzene rings is 1. The Labute approximate surface area is 148 Å². The standard InChI is InChI=1S/C18H17N3O3S/c1-24-15-6-3-2-5-13(15)11-19-17(22)12-21-18(23)9-8-14(20-21)16-7-4-10-25-16/h2-10H,11-12H2,1H3,(H,19,22). The number of amides is 1. The van der Waals surface area contributed by atoms with E-state index in [0.29, 0.717) is 18.0 Å². The molecular weight excluding hydrogens is 338 g/mol. The Hall–Kier alpha value is -2.93. The van der Waals surface area contributed by atoms with Crippen LogP contribution in [-0.4, -0.2) is 22.8 Å². The Balaban J connectivity index is 1.69. The van der Waals surface area contributed by atoms with Gasteiger partial charge in [0.2, 0.25) is 5.91 Å². The Morgan fingerprint density at radius 2 is 2.04 bits per heavy atom. The molecule has 0 aliphatic rings. The SMILES string of the molecule is COc1ccccc1CNC(=O)Cn1nc(-c2cccs2)ccc1=O. The van der Waals surface area contributed by atoms with Crippen LogP contribution in [0.15, 0.2) is 58.7 Å². The van der Waals surface area contributed by atoms with Gasteiger partial charge >= 0.3 is 0 Å². The van der Waals surface area contributed by atoms with Crippen LogP contribution in [0.1, 0.15) is 5.56 Å². The summed E-state index contributed by atoms with van der Waals surface area (Å²) in [4.78, 5) is 25.1. The third-order valence-corrected chi connectivity index (χ3v) is 4.49. The van der Waals surface area contributed by atoms with Crippen LogP contribution >= 0.6 is 11.3 Å². The normalized spacial score (nSPS) is 10.4. The van der Waals surface area contributed by atoms with E-state index < -0.39 is 0 Å². The molecule has 0 unspecified atom stereocenters. The summed E-state index contributed by atoms with van der Waals surface area (Å²) in [6.45, 7) is 0.190. The minimum atomic E-state index is -0.312. The first-order chi connectivity index (χ1) is 12.2. The molecule has 1 N–H and O–H groups in total. The van der Waals surface area contributed by atoms with Gasteiger partial charge in [-0.2, -0.15) is 5.10 Å². The van der Waals surface area contributed by atoms with Gasteiger partial charge in [-0.15, -0.1) is 11.3 Å². The van der Waals surface area contributed by atoms with Crippen LogP contribution in [0.4, 0.5) is 0 Å². The summed E-state index contributed by atoms with van der Waals surface area (Å²) in [5, 5.41) is 9.00. The topological polar surface area (TPSA) is 73.2 Å². The summed E-state index contributed by atoms with van der Waals surface area (Å²) < 4.78 is 6.43. The Kier molecular flexibility index (Phi) is 5.25. The number of hydrogen-bond acceptors (Lipinski definition) is 5. The van der Waals surface area contributed by atoms with Crippen molar-refractivity contribution in [2.24, 2.45) is 0 Å². The monoisotopic (exact) mass is 355 g/mol. The molecule has 3 aromatic rings. The van der Waals surface area contributed by atoms with Gasteiger partial charge in [0.15, 0.2) is 0 Å². The van der Waals surface area contributed by atoms with E-state index in [-0.39, 0.29) is 18.0 Å². The number of ether oxygens (including phenoxy) is 1. The van der Waals surface area contributed by atoms with Crippen molar-refractivity contribution in [3.05, 3.63) is 69.8 Å². The fourth-order valence-corrected chi connectivity index (χ4v) is 3.04. The van der Waals surface area contributed by atoms with E-state index in [1.165, 1.54) is 22.1 Å². The van der Waals surface area contributed by atoms with Crippen molar-refractivity contribution in [3.63, 3.8) is 0 Å². The molecule has 0 spiro atoms. The van der Waals surface area contributed by atoms with Crippen LogP contribution in [0, 0.1) is 0 Å². The second-order valence-electron chi connectivity index (χ2n) is 5.28. The molecule has 7 heteroatoms. The van der Waals surface area contributed by atoms with Crippen LogP contribution in [0.25, 0.3) is 10.6 Å². The van der Waals surface area contributed by atoms with Gasteiger partial charge < -0.3 is 10.1 Å². The summed E-state index contributed by atoms with van der Waals surface area (Å²) in [6, 6.07) is 14.4. The minimum absolute atomic E-state index is 0.132. The molecule has 128 valence electrons. The number of nitrogens with zero attached hydrogens (tertiary/aromatic N) is 2. The van der Waals surface area contributed by atoms with Crippen molar-refractivity contribution in [3.8, 4) is 16.3 Å². The summed E-state index contributed by atoms with van der Waals surface area (Å²) in [5.74, 6) is 0.418. The van der Waals surface area contributed by atoms with Crippen molar-refractivity contribution in [2.45, 2.75) is 13.1 Å². The van der Waals surface area contributed by atoms with Gasteiger partial charge in [0.25, 0.3) is 5.56 Å². The van der Waals surface area contributed by atoms with Gasteiger partial charge in [0.1, 0.15) is 18.0 Å². The molecule has 1 amide bonds. The maximum absolute atomic E-state index is 12.2. The van der Waals surface area contributed by atoms with E-state index in [1.807, 2.05) is 41.8 Å². The highest BCUT2D eigenvalue weighted by molar-refractivity contribution is 7.13. The lowest BCUT2D eigenvalue weighted by molar-refractivity contribution is -0.122. The van der Waals surface area contributed by atoms with Crippen LogP contribution in [-0.2, 0) is 17.9 Å². The number of nitrogens with one attached hydrogen (secondary N) is 1. The van der Waals surface area contributed by atoms with E-state index in [0.717, 1.165) is 10.4 Å². The van der Waals surface area contributed by atoms with Crippen LogP contribution in [0.5, 0.6) is 5.75 Å². The van der Waals surface area contributed by atoms with E-state index in [2.05, 4.69) is 10.4 Å². The predicted molar refractivity (Wildman–Crippen MR) is 96.7 cm³/mol. The maximum atomic E-state index is 12.2. The number of aromatic nitrogens is 2. The quantitative estimate of drug-likeness (QED) is 0.736. The predicted octanol–water partition coefficient (Wildman–Crippen LogP) is 2.30. The van der Waals surface area contributed by atoms with Crippen molar-refractivity contribution < 1.29 is 9.53 Å². The average Bonchev–Trinajstić information content (AvgIpc) is 3.16. The fraction of sp³-hybridized carbons (Fsp3) is 0.167. The first-order valence-corrected chi connectivity index (χ1v) is 8.56. The average molecular weight is 355 g/mol. The van der Waals surface area contributed by atoms with E-state index in [9.17, 15) is 9.59 Å². The van der Waals surface area contributed by atoms with Crippen molar-refractivity contribution in [1.82, 2.24) is 15.1 Å². The van der Waals surface area contributed by atoms with E-state index in [1.54, 1.807) is 13.2 Å². The van der Waals surface area contributed by atoms with Gasteiger partial charge in [0.05, 0.1) is 12.0 Å². The molecule has 0 bridgehead atoms. The molecule has 0 radical (unpaired) electrons. The first-order valence-electron chi connectivity index (χ1n) is 7.68. The molecular formula is C18H17N3O3S. The van der Waals surface area contributed by atoms with Crippen LogP contribution in [0.2, 0.25) is 0 Å². The molecule has 0 saturated heterocycles. The Morgan fingerprint density at radius 1 is 1.20 bits per heavy atom. The molecule has 0 aliphatic carbocycles. The highest BCUT2D eigenvalue weighted by Gasteiger charge is 2.09. The summed E-state index contributed by atoms with van der Waals surface area (Å²) in [5.41, 5.74) is 1.23. The Bertz CT molecular complexity index is 919. The lowest BCUT2D eigenvalue weighted by Gasteiger charge is -2.10. The fourth-order valence-electron chi connectivity index (χ4n) is 2.35. The zero-order valence-corrected chi connectivity index (χ0v) is 14.5. The number of carbonyl (C=O) groups is 1. The summed E-state index contributed by atoms with van der Waals surface area (Å²) in [6.07, 6.45) is 0. The van der Waals surface area contributed by atoms with E-state index >= 15 is 0 Å². The first kappa shape index (κ1) is 16.9. The van der Waals surface area contributed by atoms with Gasteiger partial charge in [-0.05, 0) is 23.6 Å². The van der Waals surface area contributed by atoms with Crippen LogP contribution in [0.3, 0.4) is 0 Å².